The van der Waals surface area contributed by atoms with Crippen molar-refractivity contribution in [3.8, 4) is 5.75 Å². The maximum atomic E-state index is 11.3. The Balaban J connectivity index is 2.96. The number of carbonyl (C=O) groups excluding carboxylic acids is 1. The van der Waals surface area contributed by atoms with E-state index < -0.39 is 0 Å². The van der Waals surface area contributed by atoms with Crippen molar-refractivity contribution in [2.24, 2.45) is 0 Å². The summed E-state index contributed by atoms with van der Waals surface area (Å²) in [6.45, 7) is 5.73. The van der Waals surface area contributed by atoms with E-state index in [0.717, 1.165) is 11.3 Å². The van der Waals surface area contributed by atoms with Crippen LogP contribution in [0, 0.1) is 0 Å². The third-order valence-corrected chi connectivity index (χ3v) is 2.16. The molecular weight excluding hydrogens is 216 g/mol. The van der Waals surface area contributed by atoms with Gasteiger partial charge in [-0.3, -0.25) is 0 Å². The van der Waals surface area contributed by atoms with Crippen molar-refractivity contribution < 1.29 is 14.3 Å². The number of carbonyl (C=O) groups is 1. The number of benzene rings is 1. The largest absolute Gasteiger partial charge is 0.489 e. The van der Waals surface area contributed by atoms with Crippen LogP contribution in [0.25, 0.3) is 6.08 Å². The van der Waals surface area contributed by atoms with Crippen LogP contribution in [0.2, 0.25) is 0 Å². The summed E-state index contributed by atoms with van der Waals surface area (Å²) in [6.07, 6.45) is 3.41. The fourth-order valence-corrected chi connectivity index (χ4v) is 1.33. The van der Waals surface area contributed by atoms with E-state index in [-0.39, 0.29) is 5.97 Å². The second kappa shape index (κ2) is 6.53. The van der Waals surface area contributed by atoms with Gasteiger partial charge < -0.3 is 9.47 Å². The maximum absolute atomic E-state index is 11.3. The molecule has 0 spiro atoms. The van der Waals surface area contributed by atoms with Gasteiger partial charge in [0.15, 0.2) is 0 Å². The molecule has 0 aliphatic carbocycles. The Morgan fingerprint density at radius 2 is 2.12 bits per heavy atom. The lowest BCUT2D eigenvalue weighted by atomic mass is 10.1. The summed E-state index contributed by atoms with van der Waals surface area (Å²) in [4.78, 5) is 11.3. The Morgan fingerprint density at radius 1 is 1.41 bits per heavy atom. The van der Waals surface area contributed by atoms with Crippen molar-refractivity contribution in [2.75, 3.05) is 13.7 Å². The van der Waals surface area contributed by atoms with Crippen molar-refractivity contribution in [1.82, 2.24) is 0 Å². The highest BCUT2D eigenvalue weighted by molar-refractivity contribution is 5.93. The Bertz CT molecular complexity index is 433. The minimum absolute atomic E-state index is 0.344. The number of rotatable bonds is 5. The summed E-state index contributed by atoms with van der Waals surface area (Å²) >= 11 is 0. The minimum Gasteiger partial charge on any atom is -0.489 e. The molecule has 0 fully saturated rings. The summed E-state index contributed by atoms with van der Waals surface area (Å²) in [7, 11) is 1.36. The summed E-state index contributed by atoms with van der Waals surface area (Å²) in [5.41, 5.74) is 1.37. The first-order chi connectivity index (χ1) is 8.19. The molecular formula is C14H16O3. The maximum Gasteiger partial charge on any atom is 0.333 e. The predicted molar refractivity (Wildman–Crippen MR) is 67.8 cm³/mol. The molecule has 0 saturated heterocycles. The average molecular weight is 232 g/mol. The number of hydrogen-bond donors (Lipinski definition) is 0. The fraction of sp³-hybridized carbons (Fsp3) is 0.214. The van der Waals surface area contributed by atoms with Crippen molar-refractivity contribution in [1.29, 1.82) is 0 Å². The Kier molecular flexibility index (Phi) is 5.01. The summed E-state index contributed by atoms with van der Waals surface area (Å²) in [6, 6.07) is 7.49. The number of methoxy groups -OCH3 is 1. The molecule has 1 aromatic rings. The molecule has 0 aliphatic heterocycles. The number of hydrogen-bond acceptors (Lipinski definition) is 3. The van der Waals surface area contributed by atoms with Gasteiger partial charge >= 0.3 is 5.97 Å². The van der Waals surface area contributed by atoms with Crippen LogP contribution in [0.3, 0.4) is 0 Å². The SMILES string of the molecule is C=CCOc1ccccc1/C=C(\C)C(=O)OC. The Labute approximate surface area is 101 Å². The molecule has 0 heterocycles. The van der Waals surface area contributed by atoms with Crippen LogP contribution < -0.4 is 4.74 Å². The van der Waals surface area contributed by atoms with E-state index in [1.54, 1.807) is 19.1 Å². The number of para-hydroxylation sites is 1. The van der Waals surface area contributed by atoms with Gasteiger partial charge in [0.05, 0.1) is 7.11 Å². The smallest absolute Gasteiger partial charge is 0.333 e. The lowest BCUT2D eigenvalue weighted by Crippen LogP contribution is -2.01. The molecule has 0 radical (unpaired) electrons. The third kappa shape index (κ3) is 3.79. The first-order valence-corrected chi connectivity index (χ1v) is 5.28. The van der Waals surface area contributed by atoms with Gasteiger partial charge in [-0.05, 0) is 19.1 Å². The lowest BCUT2D eigenvalue weighted by Gasteiger charge is -2.07. The van der Waals surface area contributed by atoms with Gasteiger partial charge in [-0.2, -0.15) is 0 Å². The van der Waals surface area contributed by atoms with Gasteiger partial charge in [-0.1, -0.05) is 30.9 Å². The lowest BCUT2D eigenvalue weighted by molar-refractivity contribution is -0.135. The van der Waals surface area contributed by atoms with Crippen molar-refractivity contribution in [2.45, 2.75) is 6.92 Å². The zero-order chi connectivity index (χ0) is 12.7. The van der Waals surface area contributed by atoms with Gasteiger partial charge in [0, 0.05) is 11.1 Å². The molecule has 90 valence electrons. The third-order valence-electron chi connectivity index (χ3n) is 2.16. The zero-order valence-electron chi connectivity index (χ0n) is 10.1. The molecule has 1 aromatic carbocycles. The second-order valence-electron chi connectivity index (χ2n) is 3.46. The Hall–Kier alpha value is -2.03. The molecule has 0 saturated carbocycles. The first kappa shape index (κ1) is 13.0. The first-order valence-electron chi connectivity index (χ1n) is 5.28. The van der Waals surface area contributed by atoms with Crippen molar-refractivity contribution in [3.05, 3.63) is 48.1 Å². The van der Waals surface area contributed by atoms with E-state index in [0.29, 0.717) is 12.2 Å². The predicted octanol–water partition coefficient (Wildman–Crippen LogP) is 2.83. The highest BCUT2D eigenvalue weighted by Crippen LogP contribution is 2.21. The highest BCUT2D eigenvalue weighted by atomic mass is 16.5. The van der Waals surface area contributed by atoms with Crippen LogP contribution in [0.15, 0.2) is 42.5 Å². The van der Waals surface area contributed by atoms with E-state index in [2.05, 4.69) is 11.3 Å². The average Bonchev–Trinajstić information content (AvgIpc) is 2.36. The topological polar surface area (TPSA) is 35.5 Å². The quantitative estimate of drug-likeness (QED) is 0.445. The molecule has 0 aliphatic rings. The van der Waals surface area contributed by atoms with Crippen molar-refractivity contribution >= 4 is 12.0 Å². The molecule has 3 nitrogen and oxygen atoms in total. The molecule has 3 heteroatoms. The molecule has 0 atom stereocenters. The summed E-state index contributed by atoms with van der Waals surface area (Å²) in [5.74, 6) is 0.374. The second-order valence-corrected chi connectivity index (χ2v) is 3.46. The van der Waals surface area contributed by atoms with Crippen LogP contribution in [-0.2, 0) is 9.53 Å². The van der Waals surface area contributed by atoms with Crippen LogP contribution in [0.5, 0.6) is 5.75 Å². The van der Waals surface area contributed by atoms with E-state index in [1.165, 1.54) is 7.11 Å². The van der Waals surface area contributed by atoms with E-state index in [1.807, 2.05) is 24.3 Å². The zero-order valence-corrected chi connectivity index (χ0v) is 10.1. The monoisotopic (exact) mass is 232 g/mol. The number of ether oxygens (including phenoxy) is 2. The van der Waals surface area contributed by atoms with Gasteiger partial charge in [0.1, 0.15) is 12.4 Å². The van der Waals surface area contributed by atoms with Crippen molar-refractivity contribution in [3.63, 3.8) is 0 Å². The normalized spacial score (nSPS) is 10.8. The summed E-state index contributed by atoms with van der Waals surface area (Å²) in [5, 5.41) is 0. The van der Waals surface area contributed by atoms with Gasteiger partial charge in [0.25, 0.3) is 0 Å². The molecule has 1 rings (SSSR count). The fourth-order valence-electron chi connectivity index (χ4n) is 1.33. The minimum atomic E-state index is -0.344. The summed E-state index contributed by atoms with van der Waals surface area (Å²) < 4.78 is 10.1. The molecule has 0 unspecified atom stereocenters. The number of esters is 1. The van der Waals surface area contributed by atoms with Gasteiger partial charge in [0.2, 0.25) is 0 Å². The van der Waals surface area contributed by atoms with Crippen LogP contribution in [0.1, 0.15) is 12.5 Å². The van der Waals surface area contributed by atoms with E-state index in [4.69, 9.17) is 4.74 Å². The van der Waals surface area contributed by atoms with Crippen LogP contribution in [-0.4, -0.2) is 19.7 Å². The molecule has 0 N–H and O–H groups in total. The Morgan fingerprint density at radius 3 is 2.76 bits per heavy atom. The molecule has 17 heavy (non-hydrogen) atoms. The van der Waals surface area contributed by atoms with Gasteiger partial charge in [-0.25, -0.2) is 4.79 Å². The van der Waals surface area contributed by atoms with E-state index >= 15 is 0 Å². The van der Waals surface area contributed by atoms with Gasteiger partial charge in [-0.15, -0.1) is 0 Å². The molecule has 0 aromatic heterocycles. The molecule has 0 amide bonds. The molecule has 0 bridgehead atoms. The van der Waals surface area contributed by atoms with E-state index in [9.17, 15) is 4.79 Å². The highest BCUT2D eigenvalue weighted by Gasteiger charge is 2.05. The van der Waals surface area contributed by atoms with Crippen LogP contribution >= 0.6 is 0 Å². The van der Waals surface area contributed by atoms with Crippen LogP contribution in [0.4, 0.5) is 0 Å². The standard InChI is InChI=1S/C14H16O3/c1-4-9-17-13-8-6-5-7-12(13)10-11(2)14(15)16-3/h4-8,10H,1,9H2,2-3H3/b11-10+.